The molecule has 2 N–H and O–H groups in total. The molecule has 0 spiro atoms. The maximum absolute atomic E-state index is 12.1. The quantitative estimate of drug-likeness (QED) is 0.447. The Morgan fingerprint density at radius 3 is 2.72 bits per heavy atom. The number of nitriles is 1. The number of anilines is 1. The number of phenolic OH excluding ortho intramolecular Hbond substituents is 1. The highest BCUT2D eigenvalue weighted by molar-refractivity contribution is 7.92. The second-order valence-corrected chi connectivity index (χ2v) is 7.87. The zero-order valence-corrected chi connectivity index (χ0v) is 14.7. The van der Waals surface area contributed by atoms with Crippen LogP contribution in [0, 0.1) is 11.3 Å². The number of methoxy groups -OCH3 is 1. The SMILES string of the molecule is COc1cc(C=C(C#N)C(=O)Nc2nnc(S(C)(=O)=O)s2)ccc1O. The summed E-state index contributed by atoms with van der Waals surface area (Å²) in [5.74, 6) is -0.663. The number of hydrogen-bond acceptors (Lipinski definition) is 9. The van der Waals surface area contributed by atoms with Gasteiger partial charge in [-0.25, -0.2) is 8.42 Å². The van der Waals surface area contributed by atoms with Crippen LogP contribution in [0.3, 0.4) is 0 Å². The largest absolute Gasteiger partial charge is 0.504 e. The first-order valence-electron chi connectivity index (χ1n) is 6.58. The highest BCUT2D eigenvalue weighted by Crippen LogP contribution is 2.27. The number of sulfone groups is 1. The molecule has 0 aliphatic heterocycles. The molecule has 11 heteroatoms. The number of aromatic hydroxyl groups is 1. The van der Waals surface area contributed by atoms with E-state index in [0.717, 1.165) is 6.26 Å². The normalized spacial score (nSPS) is 11.6. The topological polar surface area (TPSA) is 142 Å². The predicted octanol–water partition coefficient (Wildman–Crippen LogP) is 1.20. The third-order valence-electron chi connectivity index (χ3n) is 2.82. The number of phenols is 1. The van der Waals surface area contributed by atoms with E-state index in [1.54, 1.807) is 6.07 Å². The van der Waals surface area contributed by atoms with Crippen molar-refractivity contribution in [2.45, 2.75) is 4.34 Å². The molecule has 130 valence electrons. The molecule has 2 aromatic rings. The molecule has 0 radical (unpaired) electrons. The fraction of sp³-hybridized carbons (Fsp3) is 0.143. The lowest BCUT2D eigenvalue weighted by Crippen LogP contribution is -2.13. The maximum Gasteiger partial charge on any atom is 0.268 e. The van der Waals surface area contributed by atoms with Crippen LogP contribution in [0.15, 0.2) is 28.1 Å². The number of carbonyl (C=O) groups excluding carboxylic acids is 1. The van der Waals surface area contributed by atoms with Gasteiger partial charge in [0, 0.05) is 6.26 Å². The Labute approximate surface area is 147 Å². The van der Waals surface area contributed by atoms with Gasteiger partial charge in [-0.15, -0.1) is 10.2 Å². The van der Waals surface area contributed by atoms with E-state index in [1.807, 2.05) is 0 Å². The number of hydrogen-bond donors (Lipinski definition) is 2. The van der Waals surface area contributed by atoms with Crippen molar-refractivity contribution in [3.8, 4) is 17.6 Å². The molecule has 0 fully saturated rings. The van der Waals surface area contributed by atoms with Gasteiger partial charge in [-0.3, -0.25) is 10.1 Å². The summed E-state index contributed by atoms with van der Waals surface area (Å²) in [5.41, 5.74) is 0.208. The van der Waals surface area contributed by atoms with Crippen LogP contribution in [-0.2, 0) is 14.6 Å². The van der Waals surface area contributed by atoms with Crippen LogP contribution in [0.1, 0.15) is 5.56 Å². The van der Waals surface area contributed by atoms with E-state index in [4.69, 9.17) is 10.00 Å². The summed E-state index contributed by atoms with van der Waals surface area (Å²) in [6, 6.07) is 6.05. The Hall–Kier alpha value is -2.97. The van der Waals surface area contributed by atoms with Gasteiger partial charge in [0.25, 0.3) is 5.91 Å². The molecule has 0 atom stereocenters. The number of nitrogens with one attached hydrogen (secondary N) is 1. The minimum Gasteiger partial charge on any atom is -0.504 e. The molecule has 1 aromatic heterocycles. The summed E-state index contributed by atoms with van der Waals surface area (Å²) in [6.45, 7) is 0. The molecule has 0 saturated carbocycles. The molecule has 0 aliphatic rings. The smallest absolute Gasteiger partial charge is 0.268 e. The van der Waals surface area contributed by atoms with Crippen LogP contribution in [0.5, 0.6) is 11.5 Å². The minimum atomic E-state index is -3.53. The van der Waals surface area contributed by atoms with E-state index in [-0.39, 0.29) is 26.5 Å². The number of nitrogens with zero attached hydrogens (tertiary/aromatic N) is 3. The zero-order chi connectivity index (χ0) is 18.6. The number of rotatable bonds is 5. The Balaban J connectivity index is 2.24. The van der Waals surface area contributed by atoms with E-state index >= 15 is 0 Å². The van der Waals surface area contributed by atoms with Crippen molar-refractivity contribution >= 4 is 38.3 Å². The van der Waals surface area contributed by atoms with E-state index in [9.17, 15) is 18.3 Å². The monoisotopic (exact) mass is 380 g/mol. The van der Waals surface area contributed by atoms with Gasteiger partial charge in [-0.1, -0.05) is 17.4 Å². The third-order valence-corrected chi connectivity index (χ3v) is 5.33. The first-order valence-corrected chi connectivity index (χ1v) is 9.29. The lowest BCUT2D eigenvalue weighted by atomic mass is 10.1. The van der Waals surface area contributed by atoms with Gasteiger partial charge in [0.05, 0.1) is 7.11 Å². The van der Waals surface area contributed by atoms with Crippen LogP contribution >= 0.6 is 11.3 Å². The molecule has 0 unspecified atom stereocenters. The van der Waals surface area contributed by atoms with Crippen LogP contribution in [0.25, 0.3) is 6.08 Å². The highest BCUT2D eigenvalue weighted by atomic mass is 32.2. The van der Waals surface area contributed by atoms with Gasteiger partial charge >= 0.3 is 0 Å². The number of amides is 1. The molecule has 0 saturated heterocycles. The molecule has 0 aliphatic carbocycles. The standard InChI is InChI=1S/C14H12N4O5S2/c1-23-11-6-8(3-4-10(11)19)5-9(7-15)12(20)16-13-17-18-14(24-13)25(2,21)22/h3-6,19H,1-2H3,(H,16,17,20). The van der Waals surface area contributed by atoms with Crippen LogP contribution in [-0.4, -0.2) is 43.0 Å². The molecule has 1 amide bonds. The van der Waals surface area contributed by atoms with Crippen molar-refractivity contribution < 1.29 is 23.1 Å². The van der Waals surface area contributed by atoms with E-state index in [0.29, 0.717) is 16.9 Å². The summed E-state index contributed by atoms with van der Waals surface area (Å²) in [5, 5.41) is 28.0. The summed E-state index contributed by atoms with van der Waals surface area (Å²) in [4.78, 5) is 12.1. The molecule has 0 bridgehead atoms. The van der Waals surface area contributed by atoms with Gasteiger partial charge < -0.3 is 9.84 Å². The van der Waals surface area contributed by atoms with Crippen molar-refractivity contribution in [1.29, 1.82) is 5.26 Å². The van der Waals surface area contributed by atoms with Gasteiger partial charge in [-0.2, -0.15) is 5.26 Å². The Morgan fingerprint density at radius 2 is 2.16 bits per heavy atom. The lowest BCUT2D eigenvalue weighted by Gasteiger charge is -2.04. The number of benzene rings is 1. The van der Waals surface area contributed by atoms with Crippen molar-refractivity contribution in [3.05, 3.63) is 29.3 Å². The maximum atomic E-state index is 12.1. The lowest BCUT2D eigenvalue weighted by molar-refractivity contribution is -0.112. The predicted molar refractivity (Wildman–Crippen MR) is 89.9 cm³/mol. The first-order chi connectivity index (χ1) is 11.7. The zero-order valence-electron chi connectivity index (χ0n) is 13.0. The second kappa shape index (κ2) is 7.29. The third kappa shape index (κ3) is 4.52. The molecular formula is C14H12N4O5S2. The molecule has 1 aromatic carbocycles. The summed E-state index contributed by atoms with van der Waals surface area (Å²) in [6.07, 6.45) is 2.26. The van der Waals surface area contributed by atoms with Gasteiger partial charge in [-0.05, 0) is 23.8 Å². The summed E-state index contributed by atoms with van der Waals surface area (Å²) < 4.78 is 27.4. The van der Waals surface area contributed by atoms with Crippen LogP contribution in [0.4, 0.5) is 5.13 Å². The van der Waals surface area contributed by atoms with E-state index < -0.39 is 15.7 Å². The van der Waals surface area contributed by atoms with Crippen molar-refractivity contribution in [1.82, 2.24) is 10.2 Å². The van der Waals surface area contributed by atoms with Gasteiger partial charge in [0.2, 0.25) is 19.3 Å². The van der Waals surface area contributed by atoms with E-state index in [1.165, 1.54) is 31.4 Å². The number of carbonyl (C=O) groups is 1. The van der Waals surface area contributed by atoms with Gasteiger partial charge in [0.1, 0.15) is 11.6 Å². The Morgan fingerprint density at radius 1 is 1.44 bits per heavy atom. The summed E-state index contributed by atoms with van der Waals surface area (Å²) >= 11 is 0.679. The molecule has 2 rings (SSSR count). The number of ether oxygens (including phenoxy) is 1. The van der Waals surface area contributed by atoms with Crippen molar-refractivity contribution in [2.75, 3.05) is 18.7 Å². The van der Waals surface area contributed by atoms with E-state index in [2.05, 4.69) is 15.5 Å². The number of aromatic nitrogens is 2. The fourth-order valence-corrected chi connectivity index (χ4v) is 3.18. The molecule has 9 nitrogen and oxygen atoms in total. The van der Waals surface area contributed by atoms with Crippen LogP contribution in [0.2, 0.25) is 0 Å². The van der Waals surface area contributed by atoms with Crippen molar-refractivity contribution in [2.24, 2.45) is 0 Å². The van der Waals surface area contributed by atoms with Crippen LogP contribution < -0.4 is 10.1 Å². The minimum absolute atomic E-state index is 0.0464. The first kappa shape index (κ1) is 18.4. The average molecular weight is 380 g/mol. The second-order valence-electron chi connectivity index (χ2n) is 4.70. The van der Waals surface area contributed by atoms with Crippen molar-refractivity contribution in [3.63, 3.8) is 0 Å². The molecule has 1 heterocycles. The molecular weight excluding hydrogens is 368 g/mol. The fourth-order valence-electron chi connectivity index (χ4n) is 1.67. The Kier molecular flexibility index (Phi) is 5.35. The average Bonchev–Trinajstić information content (AvgIpc) is 3.02. The summed E-state index contributed by atoms with van der Waals surface area (Å²) in [7, 11) is -2.16. The Bertz CT molecular complexity index is 989. The molecule has 25 heavy (non-hydrogen) atoms. The van der Waals surface area contributed by atoms with Gasteiger partial charge in [0.15, 0.2) is 11.5 Å². The highest BCUT2D eigenvalue weighted by Gasteiger charge is 2.17.